The zero-order valence-corrected chi connectivity index (χ0v) is 22.9. The van der Waals surface area contributed by atoms with Crippen molar-refractivity contribution in [1.29, 1.82) is 0 Å². The van der Waals surface area contributed by atoms with Crippen LogP contribution in [0.3, 0.4) is 0 Å². The number of aromatic hydroxyl groups is 5. The normalized spacial score (nSPS) is 39.0. The number of benzene rings is 2. The number of phenolic OH excluding ortho intramolecular Hbond substituents is 5. The molecule has 0 amide bonds. The maximum absolute atomic E-state index is 11.3. The first-order chi connectivity index (χ1) is 20.7. The Morgan fingerprint density at radius 1 is 0.682 bits per heavy atom. The second kappa shape index (κ2) is 12.3. The molecule has 17 heteroatoms. The van der Waals surface area contributed by atoms with Gasteiger partial charge in [0.25, 0.3) is 0 Å². The van der Waals surface area contributed by atoms with E-state index < -0.39 is 115 Å². The Morgan fingerprint density at radius 3 is 1.91 bits per heavy atom. The summed E-state index contributed by atoms with van der Waals surface area (Å²) in [5.74, 6) is -3.55. The first kappa shape index (κ1) is 32.2. The minimum absolute atomic E-state index is 0.0574. The van der Waals surface area contributed by atoms with Crippen molar-refractivity contribution in [1.82, 2.24) is 0 Å². The van der Waals surface area contributed by atoms with Crippen molar-refractivity contribution in [2.75, 3.05) is 6.61 Å². The first-order valence-electron chi connectivity index (χ1n) is 13.5. The molecule has 2 fully saturated rings. The van der Waals surface area contributed by atoms with E-state index in [0.717, 1.165) is 24.3 Å². The van der Waals surface area contributed by atoms with Crippen LogP contribution in [0.5, 0.6) is 34.5 Å². The molecule has 5 rings (SSSR count). The molecule has 0 spiro atoms. The van der Waals surface area contributed by atoms with Crippen molar-refractivity contribution >= 4 is 0 Å². The van der Waals surface area contributed by atoms with E-state index in [1.165, 1.54) is 6.92 Å². The first-order valence-corrected chi connectivity index (χ1v) is 13.5. The van der Waals surface area contributed by atoms with Crippen molar-refractivity contribution in [3.8, 4) is 34.5 Å². The molecule has 2 aromatic carbocycles. The standard InChI is InChI=1S/C27H34O17/c1-7-23(43-27-21(38)19(36)17(34)14(6-28)42-27)20(37)22(39)26(40-7)44-25-18(35)15-10(30)4-9(29)5-13(15)41-24(25)8-2-11(31)16(33)12(32)3-8/h2-5,7,14,17-39H,6H2,1H3/t7?,14?,17-,18?,19?,20?,21?,22+,23+,24?,25?,26+,27+/m1/s1. The zero-order chi connectivity index (χ0) is 32.2. The quantitative estimate of drug-likeness (QED) is 0.146. The fourth-order valence-electron chi connectivity index (χ4n) is 5.52. The zero-order valence-electron chi connectivity index (χ0n) is 22.9. The number of aliphatic hydroxyl groups is 7. The molecule has 0 bridgehead atoms. The van der Waals surface area contributed by atoms with Gasteiger partial charge in [-0.25, -0.2) is 0 Å². The summed E-state index contributed by atoms with van der Waals surface area (Å²) in [5.41, 5.74) is -0.281. The highest BCUT2D eigenvalue weighted by molar-refractivity contribution is 5.55. The summed E-state index contributed by atoms with van der Waals surface area (Å²) in [6, 6.07) is 4.01. The van der Waals surface area contributed by atoms with E-state index in [-0.39, 0.29) is 16.9 Å². The molecule has 44 heavy (non-hydrogen) atoms. The van der Waals surface area contributed by atoms with Crippen molar-refractivity contribution in [3.05, 3.63) is 35.4 Å². The number of rotatable bonds is 6. The molecule has 8 unspecified atom stereocenters. The van der Waals surface area contributed by atoms with Gasteiger partial charge in [0, 0.05) is 17.7 Å². The SMILES string of the molecule is CC1O[C@@H](OC2C(O)c3c(O)cc(O)cc3OC2c2cc(O)c(O)c(O)c2)[C@@H](O)C(O)[C@H]1O[C@@H]1OC(CO)[C@@H](O)C(O)C1O. The third kappa shape index (κ3) is 5.68. The van der Waals surface area contributed by atoms with Gasteiger partial charge in [-0.05, 0) is 19.1 Å². The Morgan fingerprint density at radius 2 is 1.27 bits per heavy atom. The Balaban J connectivity index is 1.41. The molecule has 0 radical (unpaired) electrons. The van der Waals surface area contributed by atoms with Gasteiger partial charge in [0.1, 0.15) is 72.2 Å². The van der Waals surface area contributed by atoms with Crippen molar-refractivity contribution < 1.29 is 85.0 Å². The van der Waals surface area contributed by atoms with Gasteiger partial charge in [-0.2, -0.15) is 0 Å². The summed E-state index contributed by atoms with van der Waals surface area (Å²) in [7, 11) is 0. The molecule has 3 aliphatic heterocycles. The average Bonchev–Trinajstić information content (AvgIpc) is 2.97. The maximum atomic E-state index is 11.3. The fourth-order valence-corrected chi connectivity index (χ4v) is 5.52. The number of hydrogen-bond acceptors (Lipinski definition) is 17. The smallest absolute Gasteiger partial charge is 0.200 e. The van der Waals surface area contributed by atoms with Crippen LogP contribution in [0, 0.1) is 0 Å². The largest absolute Gasteiger partial charge is 0.508 e. The minimum Gasteiger partial charge on any atom is -0.508 e. The van der Waals surface area contributed by atoms with E-state index in [1.54, 1.807) is 0 Å². The second-order valence-electron chi connectivity index (χ2n) is 10.9. The van der Waals surface area contributed by atoms with E-state index in [2.05, 4.69) is 0 Å². The molecule has 12 N–H and O–H groups in total. The van der Waals surface area contributed by atoms with Crippen LogP contribution >= 0.6 is 0 Å². The van der Waals surface area contributed by atoms with Crippen LogP contribution in [0.25, 0.3) is 0 Å². The van der Waals surface area contributed by atoms with Crippen LogP contribution in [0.1, 0.15) is 30.3 Å². The molecule has 2 saturated heterocycles. The van der Waals surface area contributed by atoms with E-state index in [0.29, 0.717) is 0 Å². The van der Waals surface area contributed by atoms with Crippen LogP contribution < -0.4 is 4.74 Å². The van der Waals surface area contributed by atoms with Crippen LogP contribution in [0.15, 0.2) is 24.3 Å². The highest BCUT2D eigenvalue weighted by atomic mass is 16.7. The van der Waals surface area contributed by atoms with Crippen molar-refractivity contribution in [2.45, 2.75) is 86.6 Å². The summed E-state index contributed by atoms with van der Waals surface area (Å²) in [6.07, 6.45) is -21.0. The summed E-state index contributed by atoms with van der Waals surface area (Å²) in [5, 5.41) is 123. The lowest BCUT2D eigenvalue weighted by Gasteiger charge is -2.47. The van der Waals surface area contributed by atoms with E-state index >= 15 is 0 Å². The van der Waals surface area contributed by atoms with E-state index in [4.69, 9.17) is 23.7 Å². The molecule has 17 nitrogen and oxygen atoms in total. The summed E-state index contributed by atoms with van der Waals surface area (Å²) in [6.45, 7) is 0.663. The van der Waals surface area contributed by atoms with Gasteiger partial charge in [0.05, 0.1) is 18.3 Å². The van der Waals surface area contributed by atoms with Gasteiger partial charge in [0.2, 0.25) is 0 Å². The van der Waals surface area contributed by atoms with Crippen molar-refractivity contribution in [2.24, 2.45) is 0 Å². The number of aliphatic hydroxyl groups excluding tert-OH is 7. The van der Waals surface area contributed by atoms with Gasteiger partial charge in [-0.15, -0.1) is 0 Å². The van der Waals surface area contributed by atoms with Gasteiger partial charge in [0.15, 0.2) is 35.9 Å². The number of ether oxygens (including phenoxy) is 5. The third-order valence-corrected chi connectivity index (χ3v) is 7.89. The van der Waals surface area contributed by atoms with E-state index in [1.807, 2.05) is 0 Å². The van der Waals surface area contributed by atoms with E-state index in [9.17, 15) is 61.3 Å². The summed E-state index contributed by atoms with van der Waals surface area (Å²) in [4.78, 5) is 0. The van der Waals surface area contributed by atoms with Gasteiger partial charge < -0.3 is 85.0 Å². The Hall–Kier alpha value is -3.20. The number of hydrogen-bond donors (Lipinski definition) is 12. The molecule has 13 atom stereocenters. The predicted molar refractivity (Wildman–Crippen MR) is 139 cm³/mol. The number of fused-ring (bicyclic) bond motifs is 1. The molecule has 3 heterocycles. The van der Waals surface area contributed by atoms with Crippen LogP contribution in [0.4, 0.5) is 0 Å². The molecule has 3 aliphatic rings. The second-order valence-corrected chi connectivity index (χ2v) is 10.9. The molecule has 0 aromatic heterocycles. The summed E-state index contributed by atoms with van der Waals surface area (Å²) < 4.78 is 28.4. The number of phenols is 5. The van der Waals surface area contributed by atoms with Crippen LogP contribution in [-0.4, -0.2) is 135 Å². The minimum atomic E-state index is -1.91. The Kier molecular flexibility index (Phi) is 9.00. The predicted octanol–water partition coefficient (Wildman–Crippen LogP) is -2.58. The average molecular weight is 631 g/mol. The van der Waals surface area contributed by atoms with Crippen molar-refractivity contribution in [3.63, 3.8) is 0 Å². The highest BCUT2D eigenvalue weighted by Crippen LogP contribution is 2.50. The lowest BCUT2D eigenvalue weighted by Crippen LogP contribution is -2.64. The van der Waals surface area contributed by atoms with Crippen LogP contribution in [0.2, 0.25) is 0 Å². The lowest BCUT2D eigenvalue weighted by molar-refractivity contribution is -0.363. The summed E-state index contributed by atoms with van der Waals surface area (Å²) >= 11 is 0. The Bertz CT molecular complexity index is 1310. The van der Waals surface area contributed by atoms with Gasteiger partial charge in [-0.3, -0.25) is 0 Å². The molecular formula is C27H34O17. The highest BCUT2D eigenvalue weighted by Gasteiger charge is 2.52. The fraction of sp³-hybridized carbons (Fsp3) is 0.556. The van der Waals surface area contributed by atoms with Crippen LogP contribution in [-0.2, 0) is 18.9 Å². The topological polar surface area (TPSA) is 289 Å². The molecular weight excluding hydrogens is 596 g/mol. The molecule has 0 saturated carbocycles. The third-order valence-electron chi connectivity index (χ3n) is 7.89. The maximum Gasteiger partial charge on any atom is 0.200 e. The van der Waals surface area contributed by atoms with Gasteiger partial charge in [-0.1, -0.05) is 0 Å². The Labute approximate surface area is 248 Å². The molecule has 244 valence electrons. The lowest BCUT2D eigenvalue weighted by atomic mass is 9.90. The van der Waals surface area contributed by atoms with Gasteiger partial charge >= 0.3 is 0 Å². The monoisotopic (exact) mass is 630 g/mol. The molecule has 2 aromatic rings. The molecule has 0 aliphatic carbocycles.